The number of phenolic OH excluding ortho intramolecular Hbond substituents is 2. The second-order valence-electron chi connectivity index (χ2n) is 7.55. The molecule has 160 valence electrons. The molecular formula is C25H22N4O3. The fraction of sp³-hybridized carbons (Fsp3) is 0.120. The first kappa shape index (κ1) is 21.0. The fourth-order valence-corrected chi connectivity index (χ4v) is 3.15. The molecule has 1 heterocycles. The maximum atomic E-state index is 10.3. The highest BCUT2D eigenvalue weighted by Crippen LogP contribution is 2.34. The Kier molecular flexibility index (Phi) is 5.81. The minimum atomic E-state index is -0.117. The van der Waals surface area contributed by atoms with Crippen molar-refractivity contribution in [1.82, 2.24) is 9.97 Å². The largest absolute Gasteiger partial charge is 0.507 e. The standard InChI is InChI=1S/C25H22N4O3/c1-15(2)24-25(32)29-21-12-19(27-14-17-8-4-6-10-23(17)31)18(11-20(21)28-24)26-13-16-7-3-5-9-22(16)30/h3-15,30-31H,1-2H3,(H,29,32)/b26-13+,27-14+. The molecule has 0 amide bonds. The molecule has 4 aromatic rings. The summed E-state index contributed by atoms with van der Waals surface area (Å²) < 4.78 is 0. The van der Waals surface area contributed by atoms with Crippen LogP contribution < -0.4 is 0 Å². The van der Waals surface area contributed by atoms with Gasteiger partial charge in [-0.1, -0.05) is 38.1 Å². The van der Waals surface area contributed by atoms with Crippen LogP contribution in [0.3, 0.4) is 0 Å². The zero-order valence-corrected chi connectivity index (χ0v) is 17.6. The lowest BCUT2D eigenvalue weighted by molar-refractivity contribution is 0.441. The molecule has 0 bridgehead atoms. The summed E-state index contributed by atoms with van der Waals surface area (Å²) in [6, 6.07) is 17.2. The Morgan fingerprint density at radius 2 is 1.19 bits per heavy atom. The van der Waals surface area contributed by atoms with E-state index in [0.717, 1.165) is 0 Å². The number of benzene rings is 3. The van der Waals surface area contributed by atoms with E-state index in [1.54, 1.807) is 60.8 Å². The smallest absolute Gasteiger partial charge is 0.234 e. The summed E-state index contributed by atoms with van der Waals surface area (Å²) in [5.74, 6) is 0.103. The molecule has 0 spiro atoms. The highest BCUT2D eigenvalue weighted by Gasteiger charge is 2.13. The van der Waals surface area contributed by atoms with Gasteiger partial charge in [0.25, 0.3) is 0 Å². The van der Waals surface area contributed by atoms with Gasteiger partial charge < -0.3 is 15.3 Å². The molecule has 0 radical (unpaired) electrons. The van der Waals surface area contributed by atoms with Crippen LogP contribution in [0, 0.1) is 0 Å². The van der Waals surface area contributed by atoms with E-state index in [4.69, 9.17) is 0 Å². The van der Waals surface area contributed by atoms with E-state index >= 15 is 0 Å². The van der Waals surface area contributed by atoms with Crippen molar-refractivity contribution in [2.45, 2.75) is 19.8 Å². The van der Waals surface area contributed by atoms with Gasteiger partial charge in [0.15, 0.2) is 0 Å². The van der Waals surface area contributed by atoms with Gasteiger partial charge in [-0.05, 0) is 36.4 Å². The third-order valence-corrected chi connectivity index (χ3v) is 4.87. The lowest BCUT2D eigenvalue weighted by atomic mass is 10.1. The van der Waals surface area contributed by atoms with E-state index in [1.807, 2.05) is 19.9 Å². The van der Waals surface area contributed by atoms with Crippen LogP contribution >= 0.6 is 0 Å². The number of nitrogens with zero attached hydrogens (tertiary/aromatic N) is 4. The highest BCUT2D eigenvalue weighted by molar-refractivity contribution is 5.93. The normalized spacial score (nSPS) is 11.8. The van der Waals surface area contributed by atoms with Crippen molar-refractivity contribution >= 4 is 34.8 Å². The zero-order valence-electron chi connectivity index (χ0n) is 17.6. The molecule has 0 unspecified atom stereocenters. The van der Waals surface area contributed by atoms with Crippen molar-refractivity contribution in [3.63, 3.8) is 0 Å². The molecule has 0 saturated carbocycles. The highest BCUT2D eigenvalue weighted by atomic mass is 16.3. The molecule has 0 fully saturated rings. The van der Waals surface area contributed by atoms with E-state index < -0.39 is 0 Å². The molecule has 0 atom stereocenters. The number of aliphatic imine (C=N–C) groups is 2. The van der Waals surface area contributed by atoms with E-state index in [2.05, 4.69) is 20.0 Å². The van der Waals surface area contributed by atoms with Gasteiger partial charge in [0.05, 0.1) is 22.4 Å². The van der Waals surface area contributed by atoms with Crippen LogP contribution in [0.1, 0.15) is 36.6 Å². The minimum absolute atomic E-state index is 0.00105. The summed E-state index contributed by atoms with van der Waals surface area (Å²) in [6.07, 6.45) is 3.08. The lowest BCUT2D eigenvalue weighted by Crippen LogP contribution is -1.97. The van der Waals surface area contributed by atoms with Crippen LogP contribution in [-0.4, -0.2) is 37.7 Å². The van der Waals surface area contributed by atoms with E-state index in [1.165, 1.54) is 6.21 Å². The van der Waals surface area contributed by atoms with Gasteiger partial charge in [0, 0.05) is 29.5 Å². The number of para-hydroxylation sites is 2. The maximum absolute atomic E-state index is 10.3. The second kappa shape index (κ2) is 8.85. The maximum Gasteiger partial charge on any atom is 0.234 e. The number of fused-ring (bicyclic) bond motifs is 1. The minimum Gasteiger partial charge on any atom is -0.507 e. The molecule has 0 aliphatic carbocycles. The van der Waals surface area contributed by atoms with Crippen molar-refractivity contribution in [2.75, 3.05) is 0 Å². The van der Waals surface area contributed by atoms with Gasteiger partial charge in [-0.3, -0.25) is 9.98 Å². The summed E-state index contributed by atoms with van der Waals surface area (Å²) in [7, 11) is 0. The third-order valence-electron chi connectivity index (χ3n) is 4.87. The number of aromatic nitrogens is 2. The Bertz CT molecular complexity index is 1350. The molecule has 0 saturated heterocycles. The molecular weight excluding hydrogens is 404 g/mol. The van der Waals surface area contributed by atoms with Crippen LogP contribution in [0.15, 0.2) is 70.6 Å². The number of hydrogen-bond acceptors (Lipinski definition) is 7. The Morgan fingerprint density at radius 1 is 0.719 bits per heavy atom. The van der Waals surface area contributed by atoms with Crippen molar-refractivity contribution in [3.8, 4) is 17.4 Å². The Hall–Kier alpha value is -4.26. The first-order valence-corrected chi connectivity index (χ1v) is 10.1. The van der Waals surface area contributed by atoms with Gasteiger partial charge >= 0.3 is 0 Å². The summed E-state index contributed by atoms with van der Waals surface area (Å²) in [5.41, 5.74) is 3.62. The fourth-order valence-electron chi connectivity index (χ4n) is 3.15. The third kappa shape index (κ3) is 4.41. The van der Waals surface area contributed by atoms with Crippen LogP contribution in [-0.2, 0) is 0 Å². The molecule has 3 N–H and O–H groups in total. The van der Waals surface area contributed by atoms with Crippen LogP contribution in [0.2, 0.25) is 0 Å². The Labute approximate surface area is 185 Å². The average molecular weight is 426 g/mol. The van der Waals surface area contributed by atoms with Crippen molar-refractivity contribution < 1.29 is 15.3 Å². The number of hydrogen-bond donors (Lipinski definition) is 3. The van der Waals surface area contributed by atoms with Gasteiger partial charge in [-0.25, -0.2) is 9.97 Å². The molecule has 0 aliphatic rings. The topological polar surface area (TPSA) is 111 Å². The zero-order chi connectivity index (χ0) is 22.7. The molecule has 32 heavy (non-hydrogen) atoms. The van der Waals surface area contributed by atoms with Crippen LogP contribution in [0.4, 0.5) is 11.4 Å². The molecule has 3 aromatic carbocycles. The van der Waals surface area contributed by atoms with E-state index in [-0.39, 0.29) is 23.3 Å². The van der Waals surface area contributed by atoms with Crippen LogP contribution in [0.5, 0.6) is 17.4 Å². The predicted molar refractivity (Wildman–Crippen MR) is 126 cm³/mol. The first-order valence-electron chi connectivity index (χ1n) is 10.1. The molecule has 0 aliphatic heterocycles. The monoisotopic (exact) mass is 426 g/mol. The van der Waals surface area contributed by atoms with Gasteiger partial charge in [-0.2, -0.15) is 0 Å². The molecule has 7 heteroatoms. The van der Waals surface area contributed by atoms with Gasteiger partial charge in [0.2, 0.25) is 5.88 Å². The summed E-state index contributed by atoms with van der Waals surface area (Å²) in [5, 5.41) is 30.3. The SMILES string of the molecule is CC(C)c1nc2cc(/N=C/c3ccccc3O)c(/N=C/c3ccccc3O)cc2nc1O. The molecule has 7 nitrogen and oxygen atoms in total. The van der Waals surface area contributed by atoms with Gasteiger partial charge in [-0.15, -0.1) is 0 Å². The molecule has 1 aromatic heterocycles. The summed E-state index contributed by atoms with van der Waals surface area (Å²) in [6.45, 7) is 3.86. The number of aromatic hydroxyl groups is 3. The second-order valence-corrected chi connectivity index (χ2v) is 7.55. The van der Waals surface area contributed by atoms with Crippen molar-refractivity contribution in [3.05, 3.63) is 77.5 Å². The van der Waals surface area contributed by atoms with Crippen molar-refractivity contribution in [1.29, 1.82) is 0 Å². The Morgan fingerprint density at radius 3 is 1.66 bits per heavy atom. The number of phenols is 2. The number of rotatable bonds is 5. The summed E-state index contributed by atoms with van der Waals surface area (Å²) in [4.78, 5) is 17.9. The summed E-state index contributed by atoms with van der Waals surface area (Å²) >= 11 is 0. The van der Waals surface area contributed by atoms with E-state index in [9.17, 15) is 15.3 Å². The predicted octanol–water partition coefficient (Wildman–Crippen LogP) is 5.37. The molecule has 4 rings (SSSR count). The van der Waals surface area contributed by atoms with Crippen LogP contribution in [0.25, 0.3) is 11.0 Å². The first-order chi connectivity index (χ1) is 15.4. The lowest BCUT2D eigenvalue weighted by Gasteiger charge is -2.09. The Balaban J connectivity index is 1.85. The van der Waals surface area contributed by atoms with E-state index in [0.29, 0.717) is 39.2 Å². The van der Waals surface area contributed by atoms with Crippen molar-refractivity contribution in [2.24, 2.45) is 9.98 Å². The van der Waals surface area contributed by atoms with Gasteiger partial charge in [0.1, 0.15) is 17.2 Å². The average Bonchev–Trinajstić information content (AvgIpc) is 2.77. The quantitative estimate of drug-likeness (QED) is 0.372.